The monoisotopic (exact) mass is 299 g/mol. The fourth-order valence-corrected chi connectivity index (χ4v) is 3.82. The van der Waals surface area contributed by atoms with Gasteiger partial charge in [0.05, 0.1) is 10.0 Å². The summed E-state index contributed by atoms with van der Waals surface area (Å²) in [5.41, 5.74) is 7.48. The smallest absolute Gasteiger partial charge is 0.0624 e. The Bertz CT molecular complexity index is 433. The van der Waals surface area contributed by atoms with E-state index in [-0.39, 0.29) is 5.41 Å². The minimum atomic E-state index is 0.216. The van der Waals surface area contributed by atoms with Gasteiger partial charge in [-0.2, -0.15) is 0 Å². The van der Waals surface area contributed by atoms with E-state index in [2.05, 4.69) is 13.0 Å². The molecule has 0 aliphatic heterocycles. The fraction of sp³-hybridized carbons (Fsp3) is 0.625. The first-order chi connectivity index (χ1) is 9.10. The molecule has 1 aromatic carbocycles. The Balaban J connectivity index is 2.20. The zero-order chi connectivity index (χ0) is 13.9. The van der Waals surface area contributed by atoms with Crippen LogP contribution < -0.4 is 5.73 Å². The van der Waals surface area contributed by atoms with Crippen LogP contribution in [0.5, 0.6) is 0 Å². The average Bonchev–Trinajstić information content (AvgIpc) is 2.44. The zero-order valence-corrected chi connectivity index (χ0v) is 13.1. The molecule has 3 heteroatoms. The molecule has 2 N–H and O–H groups in total. The van der Waals surface area contributed by atoms with E-state index < -0.39 is 0 Å². The van der Waals surface area contributed by atoms with Crippen LogP contribution in [0.25, 0.3) is 0 Å². The molecule has 0 amide bonds. The van der Waals surface area contributed by atoms with E-state index in [1.165, 1.54) is 32.1 Å². The highest BCUT2D eigenvalue weighted by molar-refractivity contribution is 6.42. The van der Waals surface area contributed by atoms with Crippen LogP contribution in [0.4, 0.5) is 0 Å². The van der Waals surface area contributed by atoms with E-state index in [0.717, 1.165) is 24.4 Å². The standard InChI is InChI=1S/C16H23Cl2N/c1-2-12-5-4-8-16(9-12,11-19)10-13-6-3-7-14(17)15(13)18/h3,6-7,12H,2,4-5,8-11,19H2,1H3. The maximum Gasteiger partial charge on any atom is 0.0624 e. The maximum atomic E-state index is 6.33. The van der Waals surface area contributed by atoms with Gasteiger partial charge in [0.2, 0.25) is 0 Å². The van der Waals surface area contributed by atoms with Gasteiger partial charge in [-0.3, -0.25) is 0 Å². The molecule has 19 heavy (non-hydrogen) atoms. The van der Waals surface area contributed by atoms with Crippen LogP contribution >= 0.6 is 23.2 Å². The summed E-state index contributed by atoms with van der Waals surface area (Å²) in [5, 5.41) is 1.35. The number of benzene rings is 1. The van der Waals surface area contributed by atoms with Crippen molar-refractivity contribution < 1.29 is 0 Å². The van der Waals surface area contributed by atoms with Crippen molar-refractivity contribution in [1.82, 2.24) is 0 Å². The molecule has 106 valence electrons. The summed E-state index contributed by atoms with van der Waals surface area (Å²) < 4.78 is 0. The fourth-order valence-electron chi connectivity index (χ4n) is 3.44. The molecule has 0 aromatic heterocycles. The summed E-state index contributed by atoms with van der Waals surface area (Å²) in [6.45, 7) is 3.02. The Morgan fingerprint density at radius 2 is 2.16 bits per heavy atom. The van der Waals surface area contributed by atoms with E-state index in [1.54, 1.807) is 0 Å². The Hall–Kier alpha value is -0.240. The molecule has 0 saturated heterocycles. The van der Waals surface area contributed by atoms with Gasteiger partial charge >= 0.3 is 0 Å². The molecule has 0 bridgehead atoms. The molecule has 0 spiro atoms. The lowest BCUT2D eigenvalue weighted by molar-refractivity contribution is 0.142. The lowest BCUT2D eigenvalue weighted by atomic mass is 9.66. The van der Waals surface area contributed by atoms with Crippen LogP contribution in [0.3, 0.4) is 0 Å². The van der Waals surface area contributed by atoms with Crippen molar-refractivity contribution >= 4 is 23.2 Å². The van der Waals surface area contributed by atoms with Gasteiger partial charge in [0.15, 0.2) is 0 Å². The Morgan fingerprint density at radius 1 is 1.37 bits per heavy atom. The molecule has 0 heterocycles. The number of hydrogen-bond acceptors (Lipinski definition) is 1. The number of nitrogens with two attached hydrogens (primary N) is 1. The van der Waals surface area contributed by atoms with Crippen LogP contribution in [0.15, 0.2) is 18.2 Å². The molecule has 1 aliphatic rings. The second-order valence-corrected chi connectivity index (χ2v) is 6.75. The summed E-state index contributed by atoms with van der Waals surface area (Å²) >= 11 is 12.4. The lowest BCUT2D eigenvalue weighted by Gasteiger charge is -2.40. The SMILES string of the molecule is CCC1CCCC(CN)(Cc2cccc(Cl)c2Cl)C1. The number of hydrogen-bond donors (Lipinski definition) is 1. The first kappa shape index (κ1) is 15.2. The molecule has 1 nitrogen and oxygen atoms in total. The molecular weight excluding hydrogens is 277 g/mol. The third-order valence-corrected chi connectivity index (χ3v) is 5.51. The van der Waals surface area contributed by atoms with Gasteiger partial charge in [0, 0.05) is 0 Å². The van der Waals surface area contributed by atoms with Crippen molar-refractivity contribution in [3.8, 4) is 0 Å². The van der Waals surface area contributed by atoms with E-state index >= 15 is 0 Å². The van der Waals surface area contributed by atoms with Crippen LogP contribution in [0.2, 0.25) is 10.0 Å². The molecule has 2 atom stereocenters. The molecule has 1 aliphatic carbocycles. The molecule has 2 unspecified atom stereocenters. The maximum absolute atomic E-state index is 6.33. The first-order valence-electron chi connectivity index (χ1n) is 7.23. The van der Waals surface area contributed by atoms with E-state index in [0.29, 0.717) is 10.0 Å². The molecule has 1 fully saturated rings. The van der Waals surface area contributed by atoms with Crippen molar-refractivity contribution in [2.75, 3.05) is 6.54 Å². The molecule has 2 rings (SSSR count). The van der Waals surface area contributed by atoms with Crippen LogP contribution in [-0.2, 0) is 6.42 Å². The molecular formula is C16H23Cl2N. The van der Waals surface area contributed by atoms with Gasteiger partial charge in [-0.15, -0.1) is 0 Å². The van der Waals surface area contributed by atoms with E-state index in [9.17, 15) is 0 Å². The summed E-state index contributed by atoms with van der Waals surface area (Å²) in [6, 6.07) is 5.91. The van der Waals surface area contributed by atoms with Crippen molar-refractivity contribution in [3.63, 3.8) is 0 Å². The van der Waals surface area contributed by atoms with Gasteiger partial charge in [-0.1, -0.05) is 61.5 Å². The average molecular weight is 300 g/mol. The summed E-state index contributed by atoms with van der Waals surface area (Å²) in [5.74, 6) is 0.815. The lowest BCUT2D eigenvalue weighted by Crippen LogP contribution is -2.37. The molecule has 1 aromatic rings. The second kappa shape index (κ2) is 6.47. The van der Waals surface area contributed by atoms with Crippen molar-refractivity contribution in [3.05, 3.63) is 33.8 Å². The summed E-state index contributed by atoms with van der Waals surface area (Å²) in [4.78, 5) is 0. The predicted octanol–water partition coefficient (Wildman–Crippen LogP) is 5.08. The van der Waals surface area contributed by atoms with Gasteiger partial charge in [0.1, 0.15) is 0 Å². The minimum Gasteiger partial charge on any atom is -0.330 e. The Labute approximate surface area is 126 Å². The number of rotatable bonds is 4. The summed E-state index contributed by atoms with van der Waals surface area (Å²) in [6.07, 6.45) is 7.28. The van der Waals surface area contributed by atoms with Gasteiger partial charge < -0.3 is 5.73 Å². The predicted molar refractivity (Wildman–Crippen MR) is 83.9 cm³/mol. The van der Waals surface area contributed by atoms with Crippen LogP contribution in [0.1, 0.15) is 44.6 Å². The van der Waals surface area contributed by atoms with E-state index in [4.69, 9.17) is 28.9 Å². The van der Waals surface area contributed by atoms with Gasteiger partial charge in [0.25, 0.3) is 0 Å². The summed E-state index contributed by atoms with van der Waals surface area (Å²) in [7, 11) is 0. The van der Waals surface area contributed by atoms with Crippen molar-refractivity contribution in [2.45, 2.75) is 45.4 Å². The highest BCUT2D eigenvalue weighted by Crippen LogP contribution is 2.43. The topological polar surface area (TPSA) is 26.0 Å². The zero-order valence-electron chi connectivity index (χ0n) is 11.6. The molecule has 0 radical (unpaired) electrons. The first-order valence-corrected chi connectivity index (χ1v) is 7.99. The Kier molecular flexibility index (Phi) is 5.16. The third kappa shape index (κ3) is 3.45. The highest BCUT2D eigenvalue weighted by Gasteiger charge is 2.35. The van der Waals surface area contributed by atoms with Crippen LogP contribution in [0, 0.1) is 11.3 Å². The van der Waals surface area contributed by atoms with E-state index in [1.807, 2.05) is 12.1 Å². The second-order valence-electron chi connectivity index (χ2n) is 5.96. The Morgan fingerprint density at radius 3 is 2.84 bits per heavy atom. The van der Waals surface area contributed by atoms with Crippen molar-refractivity contribution in [1.29, 1.82) is 0 Å². The van der Waals surface area contributed by atoms with Crippen molar-refractivity contribution in [2.24, 2.45) is 17.1 Å². The van der Waals surface area contributed by atoms with Gasteiger partial charge in [-0.25, -0.2) is 0 Å². The largest absolute Gasteiger partial charge is 0.330 e. The van der Waals surface area contributed by atoms with Gasteiger partial charge in [-0.05, 0) is 48.8 Å². The minimum absolute atomic E-state index is 0.216. The third-order valence-electron chi connectivity index (χ3n) is 4.65. The normalized spacial score (nSPS) is 27.5. The molecule has 1 saturated carbocycles. The highest BCUT2D eigenvalue weighted by atomic mass is 35.5. The quantitative estimate of drug-likeness (QED) is 0.824. The number of halogens is 2. The van der Waals surface area contributed by atoms with Crippen LogP contribution in [-0.4, -0.2) is 6.54 Å².